The number of hydrogen-bond acceptors (Lipinski definition) is 2. The molecule has 0 saturated heterocycles. The highest BCUT2D eigenvalue weighted by Crippen LogP contribution is 2.22. The standard InChI is InChI=1S/C16H20O3/c1-3-5-11-19-15-9-7-13(8-10-15)14(6-4-2)12-16(17)18/h7-10,14H,3,5,11-12H2,1-2H3,(H,17,18)/t14-/m1/s1. The van der Waals surface area contributed by atoms with Crippen LogP contribution in [-0.2, 0) is 4.79 Å². The zero-order valence-corrected chi connectivity index (χ0v) is 11.5. The fraction of sp³-hybridized carbons (Fsp3) is 0.438. The molecule has 1 N–H and O–H groups in total. The fourth-order valence-electron chi connectivity index (χ4n) is 1.73. The molecular formula is C16H20O3. The van der Waals surface area contributed by atoms with E-state index in [1.165, 1.54) is 0 Å². The Morgan fingerprint density at radius 3 is 2.58 bits per heavy atom. The van der Waals surface area contributed by atoms with Gasteiger partial charge >= 0.3 is 5.97 Å². The van der Waals surface area contributed by atoms with E-state index in [-0.39, 0.29) is 12.3 Å². The van der Waals surface area contributed by atoms with Crippen LogP contribution in [0.3, 0.4) is 0 Å². The molecule has 102 valence electrons. The first kappa shape index (κ1) is 15.1. The van der Waals surface area contributed by atoms with Crippen molar-refractivity contribution < 1.29 is 14.6 Å². The molecule has 3 nitrogen and oxygen atoms in total. The first-order chi connectivity index (χ1) is 9.17. The summed E-state index contributed by atoms with van der Waals surface area (Å²) >= 11 is 0. The molecule has 0 saturated carbocycles. The maximum atomic E-state index is 10.8. The summed E-state index contributed by atoms with van der Waals surface area (Å²) in [6.07, 6.45) is 2.16. The molecule has 0 bridgehead atoms. The third-order valence-corrected chi connectivity index (χ3v) is 2.75. The van der Waals surface area contributed by atoms with Crippen LogP contribution in [0.2, 0.25) is 0 Å². The molecule has 0 aliphatic carbocycles. The molecule has 3 heteroatoms. The Hall–Kier alpha value is -1.95. The first-order valence-corrected chi connectivity index (χ1v) is 6.54. The molecular weight excluding hydrogens is 240 g/mol. The zero-order chi connectivity index (χ0) is 14.1. The van der Waals surface area contributed by atoms with Gasteiger partial charge in [0.1, 0.15) is 5.75 Å². The van der Waals surface area contributed by atoms with Gasteiger partial charge in [-0.05, 0) is 31.0 Å². The Labute approximate surface area is 114 Å². The third-order valence-electron chi connectivity index (χ3n) is 2.75. The van der Waals surface area contributed by atoms with Crippen molar-refractivity contribution in [3.8, 4) is 17.6 Å². The van der Waals surface area contributed by atoms with Crippen molar-refractivity contribution in [3.05, 3.63) is 29.8 Å². The minimum absolute atomic E-state index is 0.0247. The second kappa shape index (κ2) is 8.20. The van der Waals surface area contributed by atoms with E-state index in [2.05, 4.69) is 18.8 Å². The summed E-state index contributed by atoms with van der Waals surface area (Å²) < 4.78 is 5.57. The van der Waals surface area contributed by atoms with Crippen molar-refractivity contribution in [2.75, 3.05) is 6.61 Å². The number of carboxylic acid groups (broad SMARTS) is 1. The predicted molar refractivity (Wildman–Crippen MR) is 75.3 cm³/mol. The van der Waals surface area contributed by atoms with Gasteiger partial charge in [0.2, 0.25) is 0 Å². The van der Waals surface area contributed by atoms with Crippen LogP contribution in [0.1, 0.15) is 44.6 Å². The van der Waals surface area contributed by atoms with Crippen molar-refractivity contribution in [2.24, 2.45) is 0 Å². The second-order valence-corrected chi connectivity index (χ2v) is 4.32. The highest BCUT2D eigenvalue weighted by molar-refractivity contribution is 5.69. The first-order valence-electron chi connectivity index (χ1n) is 6.54. The van der Waals surface area contributed by atoms with Crippen molar-refractivity contribution in [1.82, 2.24) is 0 Å². The highest BCUT2D eigenvalue weighted by atomic mass is 16.5. The Bertz CT molecular complexity index is 451. The number of hydrogen-bond donors (Lipinski definition) is 1. The van der Waals surface area contributed by atoms with Crippen LogP contribution < -0.4 is 4.74 Å². The molecule has 0 heterocycles. The van der Waals surface area contributed by atoms with Gasteiger partial charge in [0.05, 0.1) is 18.9 Å². The maximum Gasteiger partial charge on any atom is 0.304 e. The smallest absolute Gasteiger partial charge is 0.304 e. The van der Waals surface area contributed by atoms with E-state index in [9.17, 15) is 4.79 Å². The predicted octanol–water partition coefficient (Wildman–Crippen LogP) is 3.45. The second-order valence-electron chi connectivity index (χ2n) is 4.32. The fourth-order valence-corrected chi connectivity index (χ4v) is 1.73. The number of ether oxygens (including phenoxy) is 1. The Balaban J connectivity index is 2.70. The molecule has 1 rings (SSSR count). The van der Waals surface area contributed by atoms with E-state index in [1.807, 2.05) is 24.3 Å². The van der Waals surface area contributed by atoms with Gasteiger partial charge in [-0.15, -0.1) is 5.92 Å². The molecule has 1 aromatic carbocycles. The monoisotopic (exact) mass is 260 g/mol. The largest absolute Gasteiger partial charge is 0.494 e. The number of unbranched alkanes of at least 4 members (excludes halogenated alkanes) is 1. The van der Waals surface area contributed by atoms with Crippen LogP contribution in [0.4, 0.5) is 0 Å². The van der Waals surface area contributed by atoms with Crippen LogP contribution in [0.25, 0.3) is 0 Å². The van der Waals surface area contributed by atoms with Crippen molar-refractivity contribution in [1.29, 1.82) is 0 Å². The minimum Gasteiger partial charge on any atom is -0.494 e. The van der Waals surface area contributed by atoms with Gasteiger partial charge in [-0.2, -0.15) is 0 Å². The molecule has 0 fully saturated rings. The molecule has 0 aliphatic heterocycles. The summed E-state index contributed by atoms with van der Waals surface area (Å²) in [7, 11) is 0. The molecule has 0 radical (unpaired) electrons. The third kappa shape index (κ3) is 5.48. The highest BCUT2D eigenvalue weighted by Gasteiger charge is 2.12. The number of benzene rings is 1. The lowest BCUT2D eigenvalue weighted by Crippen LogP contribution is -2.04. The molecule has 0 aromatic heterocycles. The van der Waals surface area contributed by atoms with E-state index < -0.39 is 5.97 Å². The molecule has 1 atom stereocenters. The van der Waals surface area contributed by atoms with Crippen LogP contribution >= 0.6 is 0 Å². The lowest BCUT2D eigenvalue weighted by atomic mass is 9.96. The summed E-state index contributed by atoms with van der Waals surface area (Å²) in [5.74, 6) is 5.44. The molecule has 0 unspecified atom stereocenters. The van der Waals surface area contributed by atoms with E-state index in [0.29, 0.717) is 6.61 Å². The molecule has 0 amide bonds. The number of carbonyl (C=O) groups is 1. The molecule has 0 aliphatic rings. The molecule has 1 aromatic rings. The average molecular weight is 260 g/mol. The summed E-state index contributed by atoms with van der Waals surface area (Å²) in [5, 5.41) is 8.88. The number of rotatable bonds is 7. The minimum atomic E-state index is -0.837. The van der Waals surface area contributed by atoms with E-state index in [1.54, 1.807) is 6.92 Å². The van der Waals surface area contributed by atoms with Gasteiger partial charge < -0.3 is 9.84 Å². The van der Waals surface area contributed by atoms with Gasteiger partial charge in [0, 0.05) is 0 Å². The molecule has 19 heavy (non-hydrogen) atoms. The molecule has 0 spiro atoms. The van der Waals surface area contributed by atoms with Crippen LogP contribution in [0.15, 0.2) is 24.3 Å². The zero-order valence-electron chi connectivity index (χ0n) is 11.5. The quantitative estimate of drug-likeness (QED) is 0.603. The van der Waals surface area contributed by atoms with Crippen molar-refractivity contribution >= 4 is 5.97 Å². The van der Waals surface area contributed by atoms with Crippen molar-refractivity contribution in [2.45, 2.75) is 39.0 Å². The summed E-state index contributed by atoms with van der Waals surface area (Å²) in [6.45, 7) is 4.55. The van der Waals surface area contributed by atoms with Gasteiger partial charge in [-0.1, -0.05) is 31.4 Å². The number of aliphatic carboxylic acids is 1. The Kier molecular flexibility index (Phi) is 6.52. The maximum absolute atomic E-state index is 10.8. The topological polar surface area (TPSA) is 46.5 Å². The van der Waals surface area contributed by atoms with Crippen LogP contribution in [0.5, 0.6) is 5.75 Å². The Morgan fingerprint density at radius 2 is 2.05 bits per heavy atom. The van der Waals surface area contributed by atoms with Crippen LogP contribution in [0, 0.1) is 11.8 Å². The summed E-state index contributed by atoms with van der Waals surface area (Å²) in [4.78, 5) is 10.8. The summed E-state index contributed by atoms with van der Waals surface area (Å²) in [5.41, 5.74) is 0.916. The van der Waals surface area contributed by atoms with E-state index >= 15 is 0 Å². The van der Waals surface area contributed by atoms with Gasteiger partial charge in [0.25, 0.3) is 0 Å². The van der Waals surface area contributed by atoms with Crippen molar-refractivity contribution in [3.63, 3.8) is 0 Å². The van der Waals surface area contributed by atoms with Gasteiger partial charge in [-0.3, -0.25) is 4.79 Å². The van der Waals surface area contributed by atoms with Gasteiger partial charge in [0.15, 0.2) is 0 Å². The Morgan fingerprint density at radius 1 is 1.37 bits per heavy atom. The van der Waals surface area contributed by atoms with Gasteiger partial charge in [-0.25, -0.2) is 0 Å². The van der Waals surface area contributed by atoms with E-state index in [4.69, 9.17) is 9.84 Å². The van der Waals surface area contributed by atoms with E-state index in [0.717, 1.165) is 24.2 Å². The van der Waals surface area contributed by atoms with Crippen LogP contribution in [-0.4, -0.2) is 17.7 Å². The number of carboxylic acids is 1. The normalized spacial score (nSPS) is 11.3. The lowest BCUT2D eigenvalue weighted by molar-refractivity contribution is -0.137. The average Bonchev–Trinajstić information content (AvgIpc) is 2.39. The summed E-state index contributed by atoms with van der Waals surface area (Å²) in [6, 6.07) is 7.52. The lowest BCUT2D eigenvalue weighted by Gasteiger charge is -2.10. The SMILES string of the molecule is CC#C[C@H](CC(=O)O)c1ccc(OCCCC)cc1.